The summed E-state index contributed by atoms with van der Waals surface area (Å²) in [6, 6.07) is 10.0. The smallest absolute Gasteiger partial charge is 0.255 e. The van der Waals surface area contributed by atoms with Crippen LogP contribution >= 0.6 is 0 Å². The normalized spacial score (nSPS) is 17.2. The van der Waals surface area contributed by atoms with Crippen molar-refractivity contribution in [3.63, 3.8) is 0 Å². The highest BCUT2D eigenvalue weighted by Gasteiger charge is 2.29. The minimum absolute atomic E-state index is 0.169. The van der Waals surface area contributed by atoms with Crippen LogP contribution in [0.2, 0.25) is 0 Å². The number of carbonyl (C=O) groups is 1. The molecule has 7 nitrogen and oxygen atoms in total. The number of hydrogen-bond donors (Lipinski definition) is 1. The molecule has 0 saturated carbocycles. The van der Waals surface area contributed by atoms with Crippen LogP contribution in [0.25, 0.3) is 0 Å². The quantitative estimate of drug-likeness (QED) is 0.715. The Balaban J connectivity index is 1.42. The molecule has 2 aromatic heterocycles. The van der Waals surface area contributed by atoms with Crippen molar-refractivity contribution in [1.29, 1.82) is 0 Å². The van der Waals surface area contributed by atoms with Gasteiger partial charge < -0.3 is 14.4 Å². The van der Waals surface area contributed by atoms with Gasteiger partial charge in [-0.25, -0.2) is 0 Å². The molecule has 4 rings (SSSR count). The molecule has 1 unspecified atom stereocenters. The number of aryl methyl sites for hydroxylation is 3. The average molecular weight is 380 g/mol. The molecule has 0 bridgehead atoms. The van der Waals surface area contributed by atoms with Crippen molar-refractivity contribution in [3.8, 4) is 0 Å². The van der Waals surface area contributed by atoms with E-state index in [1.807, 2.05) is 37.3 Å². The standard InChI is InChI=1S/C21H24N4O3/c1-13-11-19(28-23-13)18-5-4-10-25(18)12-16-6-8-17(9-7-16)21(26)22-20-14(2)24-27-15(20)3/h6-9,11,18H,4-5,10,12H2,1-3H3,(H,22,26). The van der Waals surface area contributed by atoms with E-state index < -0.39 is 0 Å². The lowest BCUT2D eigenvalue weighted by atomic mass is 10.1. The molecule has 1 aliphatic heterocycles. The molecule has 0 aliphatic carbocycles. The topological polar surface area (TPSA) is 84.4 Å². The number of carbonyl (C=O) groups excluding carboxylic acids is 1. The van der Waals surface area contributed by atoms with Crippen LogP contribution in [0.15, 0.2) is 39.4 Å². The maximum absolute atomic E-state index is 12.5. The third-order valence-electron chi connectivity index (χ3n) is 5.21. The molecule has 0 radical (unpaired) electrons. The summed E-state index contributed by atoms with van der Waals surface area (Å²) < 4.78 is 10.6. The van der Waals surface area contributed by atoms with E-state index in [0.29, 0.717) is 22.7 Å². The van der Waals surface area contributed by atoms with Crippen LogP contribution in [0, 0.1) is 20.8 Å². The average Bonchev–Trinajstić information content (AvgIpc) is 3.39. The Morgan fingerprint density at radius 2 is 1.96 bits per heavy atom. The molecule has 1 atom stereocenters. The van der Waals surface area contributed by atoms with Crippen molar-refractivity contribution in [1.82, 2.24) is 15.2 Å². The number of hydrogen-bond acceptors (Lipinski definition) is 6. The Morgan fingerprint density at radius 3 is 2.61 bits per heavy atom. The van der Waals surface area contributed by atoms with E-state index in [4.69, 9.17) is 9.05 Å². The first-order valence-corrected chi connectivity index (χ1v) is 9.51. The summed E-state index contributed by atoms with van der Waals surface area (Å²) in [6.07, 6.45) is 2.22. The lowest BCUT2D eigenvalue weighted by Crippen LogP contribution is -2.22. The number of likely N-dealkylation sites (tertiary alicyclic amines) is 1. The zero-order chi connectivity index (χ0) is 19.7. The highest BCUT2D eigenvalue weighted by atomic mass is 16.5. The number of nitrogens with zero attached hydrogens (tertiary/aromatic N) is 3. The molecule has 3 heterocycles. The number of aromatic nitrogens is 2. The highest BCUT2D eigenvalue weighted by Crippen LogP contribution is 2.33. The predicted molar refractivity (Wildman–Crippen MR) is 104 cm³/mol. The van der Waals surface area contributed by atoms with Gasteiger partial charge in [0.1, 0.15) is 11.4 Å². The number of amides is 1. The van der Waals surface area contributed by atoms with Crippen molar-refractivity contribution in [2.24, 2.45) is 0 Å². The zero-order valence-corrected chi connectivity index (χ0v) is 16.4. The van der Waals surface area contributed by atoms with E-state index >= 15 is 0 Å². The van der Waals surface area contributed by atoms with Gasteiger partial charge in [-0.15, -0.1) is 0 Å². The maximum atomic E-state index is 12.5. The summed E-state index contributed by atoms with van der Waals surface area (Å²) in [5.41, 5.74) is 3.99. The first-order chi connectivity index (χ1) is 13.5. The van der Waals surface area contributed by atoms with Crippen LogP contribution in [-0.4, -0.2) is 27.7 Å². The van der Waals surface area contributed by atoms with Crippen molar-refractivity contribution < 1.29 is 13.8 Å². The van der Waals surface area contributed by atoms with E-state index in [9.17, 15) is 4.79 Å². The van der Waals surface area contributed by atoms with E-state index in [2.05, 4.69) is 20.5 Å². The van der Waals surface area contributed by atoms with Gasteiger partial charge in [0.25, 0.3) is 5.91 Å². The van der Waals surface area contributed by atoms with Crippen molar-refractivity contribution in [2.75, 3.05) is 11.9 Å². The fourth-order valence-electron chi connectivity index (χ4n) is 3.72. The summed E-state index contributed by atoms with van der Waals surface area (Å²) in [5.74, 6) is 1.37. The first-order valence-electron chi connectivity index (χ1n) is 9.51. The number of benzene rings is 1. The summed E-state index contributed by atoms with van der Waals surface area (Å²) in [4.78, 5) is 14.9. The van der Waals surface area contributed by atoms with Gasteiger partial charge in [-0.2, -0.15) is 0 Å². The zero-order valence-electron chi connectivity index (χ0n) is 16.4. The van der Waals surface area contributed by atoms with Gasteiger partial charge in [0.05, 0.1) is 11.7 Å². The number of anilines is 1. The van der Waals surface area contributed by atoms with Gasteiger partial charge in [0, 0.05) is 18.2 Å². The fourth-order valence-corrected chi connectivity index (χ4v) is 3.72. The SMILES string of the molecule is Cc1cc(C2CCCN2Cc2ccc(C(=O)Nc3c(C)noc3C)cc2)on1. The van der Waals surface area contributed by atoms with E-state index in [0.717, 1.165) is 42.9 Å². The van der Waals surface area contributed by atoms with Gasteiger partial charge in [0.15, 0.2) is 11.5 Å². The fraction of sp³-hybridized carbons (Fsp3) is 0.381. The molecule has 1 aromatic carbocycles. The lowest BCUT2D eigenvalue weighted by molar-refractivity contribution is 0.102. The molecule has 1 amide bonds. The van der Waals surface area contributed by atoms with Crippen LogP contribution < -0.4 is 5.32 Å². The van der Waals surface area contributed by atoms with Crippen molar-refractivity contribution >= 4 is 11.6 Å². The summed E-state index contributed by atoms with van der Waals surface area (Å²) >= 11 is 0. The monoisotopic (exact) mass is 380 g/mol. The first kappa shape index (κ1) is 18.4. The Kier molecular flexibility index (Phi) is 5.00. The van der Waals surface area contributed by atoms with Gasteiger partial charge >= 0.3 is 0 Å². The molecule has 3 aromatic rings. The Bertz CT molecular complexity index is 954. The number of nitrogens with one attached hydrogen (secondary N) is 1. The van der Waals surface area contributed by atoms with Gasteiger partial charge in [-0.1, -0.05) is 22.4 Å². The largest absolute Gasteiger partial charge is 0.359 e. The third kappa shape index (κ3) is 3.71. The lowest BCUT2D eigenvalue weighted by Gasteiger charge is -2.22. The van der Waals surface area contributed by atoms with Gasteiger partial charge in [-0.05, 0) is 57.9 Å². The minimum Gasteiger partial charge on any atom is -0.359 e. The Morgan fingerprint density at radius 1 is 1.18 bits per heavy atom. The van der Waals surface area contributed by atoms with Crippen LogP contribution in [-0.2, 0) is 6.54 Å². The second-order valence-electron chi connectivity index (χ2n) is 7.35. The molecule has 1 N–H and O–H groups in total. The van der Waals surface area contributed by atoms with E-state index in [-0.39, 0.29) is 11.9 Å². The summed E-state index contributed by atoms with van der Waals surface area (Å²) in [6.45, 7) is 7.37. The summed E-state index contributed by atoms with van der Waals surface area (Å²) in [5, 5.41) is 10.8. The maximum Gasteiger partial charge on any atom is 0.255 e. The van der Waals surface area contributed by atoms with E-state index in [1.165, 1.54) is 0 Å². The van der Waals surface area contributed by atoms with Gasteiger partial charge in [-0.3, -0.25) is 9.69 Å². The highest BCUT2D eigenvalue weighted by molar-refractivity contribution is 6.04. The Labute approximate surface area is 163 Å². The molecule has 28 heavy (non-hydrogen) atoms. The molecule has 1 saturated heterocycles. The third-order valence-corrected chi connectivity index (χ3v) is 5.21. The molecule has 1 aliphatic rings. The molecule has 146 valence electrons. The number of rotatable bonds is 5. The second kappa shape index (κ2) is 7.59. The Hall–Kier alpha value is -2.93. The van der Waals surface area contributed by atoms with Crippen LogP contribution in [0.5, 0.6) is 0 Å². The molecular formula is C21H24N4O3. The van der Waals surface area contributed by atoms with Crippen molar-refractivity contribution in [2.45, 2.75) is 46.2 Å². The molecule has 0 spiro atoms. The second-order valence-corrected chi connectivity index (χ2v) is 7.35. The molecule has 7 heteroatoms. The van der Waals surface area contributed by atoms with Crippen molar-refractivity contribution in [3.05, 3.63) is 64.4 Å². The minimum atomic E-state index is -0.169. The van der Waals surface area contributed by atoms with Gasteiger partial charge in [0.2, 0.25) is 0 Å². The molecule has 1 fully saturated rings. The van der Waals surface area contributed by atoms with E-state index in [1.54, 1.807) is 13.8 Å². The van der Waals surface area contributed by atoms with Crippen LogP contribution in [0.1, 0.15) is 57.7 Å². The van der Waals surface area contributed by atoms with Crippen LogP contribution in [0.4, 0.5) is 5.69 Å². The predicted octanol–water partition coefficient (Wildman–Crippen LogP) is 4.18. The molecular weight excluding hydrogens is 356 g/mol. The summed E-state index contributed by atoms with van der Waals surface area (Å²) in [7, 11) is 0. The van der Waals surface area contributed by atoms with Crippen LogP contribution in [0.3, 0.4) is 0 Å².